The molecule has 0 saturated heterocycles. The number of carbonyl (C=O) groups is 1. The Morgan fingerprint density at radius 1 is 2.00 bits per heavy atom. The van der Waals surface area contributed by atoms with E-state index in [9.17, 15) is 9.90 Å². The highest BCUT2D eigenvalue weighted by atomic mass is 16.4. The fraction of sp³-hybridized carbons (Fsp3) is 0.667. The van der Waals surface area contributed by atoms with Crippen molar-refractivity contribution in [2.75, 3.05) is 0 Å². The average Bonchev–Trinajstić information content (AvgIpc) is 1.67. The number of carbonyl (C=O) groups excluding carboxylic acids is 1. The molecule has 0 rings (SSSR count). The number of hydrogen-bond donors (Lipinski definition) is 0. The first kappa shape index (κ1) is 6.78. The Bertz CT molecular complexity index is 135. The van der Waals surface area contributed by atoms with Gasteiger partial charge >= 0.3 is 0 Å². The summed E-state index contributed by atoms with van der Waals surface area (Å²) >= 11 is 0. The van der Waals surface area contributed by atoms with Crippen LogP contribution in [0.2, 0.25) is 0 Å². The van der Waals surface area contributed by atoms with E-state index in [0.717, 1.165) is 0 Å². The van der Waals surface area contributed by atoms with Crippen molar-refractivity contribution < 1.29 is 9.90 Å². The minimum atomic E-state index is -1.36. The van der Waals surface area contributed by atoms with Crippen LogP contribution < -0.4 is 5.11 Å². The molecule has 1 atom stereocenters. The summed E-state index contributed by atoms with van der Waals surface area (Å²) in [5.41, 5.74) is 7.65. The summed E-state index contributed by atoms with van der Waals surface area (Å²) in [7, 11) is 0. The third-order valence-corrected chi connectivity index (χ3v) is 0.566. The first-order valence-electron chi connectivity index (χ1n) is 1.93. The zero-order chi connectivity index (χ0) is 6.57. The lowest BCUT2D eigenvalue weighted by atomic mass is 10.4. The van der Waals surface area contributed by atoms with Crippen LogP contribution in [0.4, 0.5) is 0 Å². The summed E-state index contributed by atoms with van der Waals surface area (Å²) in [6, 6.07) is -1.07. The largest absolute Gasteiger partial charge is 0.550 e. The van der Waals surface area contributed by atoms with E-state index in [1.54, 1.807) is 0 Å². The summed E-state index contributed by atoms with van der Waals surface area (Å²) in [6.07, 6.45) is 0. The van der Waals surface area contributed by atoms with E-state index < -0.39 is 12.0 Å². The van der Waals surface area contributed by atoms with Gasteiger partial charge in [-0.2, -0.15) is 0 Å². The second kappa shape index (κ2) is 2.87. The summed E-state index contributed by atoms with van der Waals surface area (Å²) in [5.74, 6) is -1.36. The standard InChI is InChI=1S/C3H5N3O2/c1-2(3(7)8)5-6-4/h2H,1H3,(H,7,8)/p-1. The molecular formula is C3H4N3O2-. The van der Waals surface area contributed by atoms with Gasteiger partial charge in [-0.05, 0) is 5.53 Å². The molecule has 0 radical (unpaired) electrons. The van der Waals surface area contributed by atoms with Gasteiger partial charge in [0.05, 0.1) is 12.0 Å². The highest BCUT2D eigenvalue weighted by Crippen LogP contribution is 1.84. The number of carboxylic acids is 1. The summed E-state index contributed by atoms with van der Waals surface area (Å²) in [6.45, 7) is 1.25. The van der Waals surface area contributed by atoms with Crippen molar-refractivity contribution in [2.24, 2.45) is 5.11 Å². The Morgan fingerprint density at radius 3 is 2.62 bits per heavy atom. The maximum absolute atomic E-state index is 9.71. The van der Waals surface area contributed by atoms with Gasteiger partial charge < -0.3 is 9.90 Å². The molecule has 0 fully saturated rings. The SMILES string of the molecule is CC(N=[N+]=[N-])C(=O)[O-]. The van der Waals surface area contributed by atoms with Gasteiger partial charge in [-0.1, -0.05) is 12.0 Å². The number of nitrogens with zero attached hydrogens (tertiary/aromatic N) is 3. The van der Waals surface area contributed by atoms with E-state index in [1.165, 1.54) is 6.92 Å². The van der Waals surface area contributed by atoms with Crippen LogP contribution in [0.3, 0.4) is 0 Å². The smallest absolute Gasteiger partial charge is 0.0742 e. The van der Waals surface area contributed by atoms with Crippen LogP contribution >= 0.6 is 0 Å². The molecule has 0 aromatic carbocycles. The van der Waals surface area contributed by atoms with Crippen LogP contribution in [0, 0.1) is 0 Å². The zero-order valence-electron chi connectivity index (χ0n) is 4.24. The van der Waals surface area contributed by atoms with E-state index >= 15 is 0 Å². The van der Waals surface area contributed by atoms with Crippen LogP contribution in [-0.2, 0) is 4.79 Å². The molecule has 0 aliphatic carbocycles. The van der Waals surface area contributed by atoms with Crippen molar-refractivity contribution in [2.45, 2.75) is 13.0 Å². The second-order valence-electron chi connectivity index (χ2n) is 1.20. The monoisotopic (exact) mass is 114 g/mol. The topological polar surface area (TPSA) is 88.9 Å². The van der Waals surface area contributed by atoms with Crippen molar-refractivity contribution >= 4 is 5.97 Å². The molecule has 0 aromatic heterocycles. The maximum Gasteiger partial charge on any atom is 0.0742 e. The normalized spacial score (nSPS) is 11.6. The van der Waals surface area contributed by atoms with E-state index in [0.29, 0.717) is 0 Å². The van der Waals surface area contributed by atoms with Gasteiger partial charge in [-0.15, -0.1) is 0 Å². The van der Waals surface area contributed by atoms with Crippen LogP contribution in [0.25, 0.3) is 10.4 Å². The fourth-order valence-corrected chi connectivity index (χ4v) is 0.125. The molecule has 5 nitrogen and oxygen atoms in total. The molecule has 0 aliphatic heterocycles. The fourth-order valence-electron chi connectivity index (χ4n) is 0.125. The van der Waals surface area contributed by atoms with E-state index in [1.807, 2.05) is 0 Å². The third kappa shape index (κ3) is 2.04. The molecule has 0 spiro atoms. The van der Waals surface area contributed by atoms with Crippen LogP contribution in [0.1, 0.15) is 6.92 Å². The van der Waals surface area contributed by atoms with E-state index in [4.69, 9.17) is 5.53 Å². The Balaban J connectivity index is 3.82. The average molecular weight is 114 g/mol. The molecule has 0 N–H and O–H groups in total. The van der Waals surface area contributed by atoms with Gasteiger partial charge in [0, 0.05) is 4.91 Å². The van der Waals surface area contributed by atoms with Gasteiger partial charge in [0.25, 0.3) is 0 Å². The van der Waals surface area contributed by atoms with Crippen molar-refractivity contribution in [3.63, 3.8) is 0 Å². The molecule has 0 aliphatic rings. The number of azide groups is 1. The molecule has 44 valence electrons. The molecule has 0 amide bonds. The number of aliphatic carboxylic acids is 1. The predicted molar refractivity (Wildman–Crippen MR) is 23.6 cm³/mol. The van der Waals surface area contributed by atoms with Gasteiger partial charge in [-0.3, -0.25) is 0 Å². The Kier molecular flexibility index (Phi) is 2.43. The van der Waals surface area contributed by atoms with Crippen molar-refractivity contribution in [3.05, 3.63) is 10.4 Å². The predicted octanol–water partition coefficient (Wildman–Crippen LogP) is -0.565. The molecular weight excluding hydrogens is 110 g/mol. The zero-order valence-corrected chi connectivity index (χ0v) is 4.24. The lowest BCUT2D eigenvalue weighted by Gasteiger charge is -2.01. The van der Waals surface area contributed by atoms with E-state index in [-0.39, 0.29) is 0 Å². The minimum Gasteiger partial charge on any atom is -0.550 e. The van der Waals surface area contributed by atoms with Crippen LogP contribution in [-0.4, -0.2) is 12.0 Å². The van der Waals surface area contributed by atoms with Gasteiger partial charge in [0.1, 0.15) is 0 Å². The van der Waals surface area contributed by atoms with Crippen LogP contribution in [0.5, 0.6) is 0 Å². The molecule has 0 heterocycles. The van der Waals surface area contributed by atoms with Crippen molar-refractivity contribution in [3.8, 4) is 0 Å². The molecule has 0 aromatic rings. The maximum atomic E-state index is 9.71. The van der Waals surface area contributed by atoms with Gasteiger partial charge in [0.15, 0.2) is 0 Å². The Hall–Kier alpha value is -1.22. The highest BCUT2D eigenvalue weighted by molar-refractivity contribution is 5.70. The lowest BCUT2D eigenvalue weighted by molar-refractivity contribution is -0.306. The summed E-state index contributed by atoms with van der Waals surface area (Å²) in [5, 5.41) is 12.6. The third-order valence-electron chi connectivity index (χ3n) is 0.566. The molecule has 0 bridgehead atoms. The molecule has 1 unspecified atom stereocenters. The minimum absolute atomic E-state index is 1.07. The Labute approximate surface area is 45.6 Å². The Morgan fingerprint density at radius 2 is 2.50 bits per heavy atom. The van der Waals surface area contributed by atoms with Gasteiger partial charge in [0.2, 0.25) is 0 Å². The number of rotatable bonds is 2. The quantitative estimate of drug-likeness (QED) is 0.273. The molecule has 0 saturated carbocycles. The van der Waals surface area contributed by atoms with Gasteiger partial charge in [-0.25, -0.2) is 0 Å². The van der Waals surface area contributed by atoms with E-state index in [2.05, 4.69) is 10.0 Å². The van der Waals surface area contributed by atoms with Crippen LogP contribution in [0.15, 0.2) is 5.11 Å². The summed E-state index contributed by atoms with van der Waals surface area (Å²) < 4.78 is 0. The summed E-state index contributed by atoms with van der Waals surface area (Å²) in [4.78, 5) is 12.0. The second-order valence-corrected chi connectivity index (χ2v) is 1.20. The highest BCUT2D eigenvalue weighted by Gasteiger charge is 1.94. The molecule has 8 heavy (non-hydrogen) atoms. The van der Waals surface area contributed by atoms with Crippen molar-refractivity contribution in [1.82, 2.24) is 0 Å². The number of carboxylic acid groups (broad SMARTS) is 1. The first-order chi connectivity index (χ1) is 3.68. The first-order valence-corrected chi connectivity index (χ1v) is 1.93. The van der Waals surface area contributed by atoms with Crippen molar-refractivity contribution in [1.29, 1.82) is 0 Å². The lowest BCUT2D eigenvalue weighted by Crippen LogP contribution is -2.31. The number of hydrogen-bond acceptors (Lipinski definition) is 3. The molecule has 5 heteroatoms.